The average Bonchev–Trinajstić information content (AvgIpc) is 3.48. The van der Waals surface area contributed by atoms with Crippen molar-refractivity contribution in [3.8, 4) is 39.9 Å². The second-order valence-electron chi connectivity index (χ2n) is 7.13. The van der Waals surface area contributed by atoms with Crippen molar-refractivity contribution in [2.75, 3.05) is 26.6 Å². The van der Waals surface area contributed by atoms with Crippen molar-refractivity contribution in [3.63, 3.8) is 0 Å². The molecule has 0 saturated heterocycles. The van der Waals surface area contributed by atoms with E-state index in [1.807, 2.05) is 47.8 Å². The Morgan fingerprint density at radius 1 is 1.09 bits per heavy atom. The summed E-state index contributed by atoms with van der Waals surface area (Å²) in [5, 5.41) is 12.3. The number of rotatable bonds is 9. The van der Waals surface area contributed by atoms with Crippen molar-refractivity contribution in [2.45, 2.75) is 13.0 Å². The number of thiazole rings is 1. The third kappa shape index (κ3) is 5.10. The smallest absolute Gasteiger partial charge is 0.227 e. The molecule has 0 unspecified atom stereocenters. The Balaban J connectivity index is 1.44. The topological polar surface area (TPSA) is 103 Å². The van der Waals surface area contributed by atoms with Crippen LogP contribution >= 0.6 is 23.6 Å². The molecule has 0 saturated carbocycles. The van der Waals surface area contributed by atoms with Crippen LogP contribution < -0.4 is 19.5 Å². The van der Waals surface area contributed by atoms with Crippen LogP contribution in [-0.4, -0.2) is 47.0 Å². The van der Waals surface area contributed by atoms with Crippen LogP contribution in [0.15, 0.2) is 47.8 Å². The van der Waals surface area contributed by atoms with Gasteiger partial charge in [-0.25, -0.2) is 4.98 Å². The van der Waals surface area contributed by atoms with Gasteiger partial charge in [0.1, 0.15) is 17.2 Å². The summed E-state index contributed by atoms with van der Waals surface area (Å²) in [6.45, 7) is 0.366. The van der Waals surface area contributed by atoms with Gasteiger partial charge in [-0.05, 0) is 54.7 Å². The number of methoxy groups -OCH3 is 3. The normalized spacial score (nSPS) is 10.7. The lowest BCUT2D eigenvalue weighted by molar-refractivity contribution is -0.116. The van der Waals surface area contributed by atoms with Crippen molar-refractivity contribution in [1.29, 1.82) is 0 Å². The number of aromatic nitrogens is 4. The van der Waals surface area contributed by atoms with E-state index in [0.717, 1.165) is 16.9 Å². The zero-order chi connectivity index (χ0) is 24.1. The summed E-state index contributed by atoms with van der Waals surface area (Å²) in [5.74, 6) is 2.59. The Hall–Kier alpha value is -3.70. The van der Waals surface area contributed by atoms with Crippen molar-refractivity contribution in [2.24, 2.45) is 0 Å². The number of hydrogen-bond donors (Lipinski definition) is 2. The Bertz CT molecular complexity index is 1340. The van der Waals surface area contributed by atoms with Crippen molar-refractivity contribution in [1.82, 2.24) is 19.7 Å². The van der Waals surface area contributed by atoms with Gasteiger partial charge in [-0.2, -0.15) is 5.10 Å². The minimum absolute atomic E-state index is 0.178. The molecular weight excluding hydrogens is 474 g/mol. The van der Waals surface area contributed by atoms with Gasteiger partial charge in [-0.15, -0.1) is 11.3 Å². The highest BCUT2D eigenvalue weighted by molar-refractivity contribution is 7.71. The molecule has 2 aromatic carbocycles. The highest BCUT2D eigenvalue weighted by Crippen LogP contribution is 2.35. The van der Waals surface area contributed by atoms with E-state index < -0.39 is 0 Å². The molecule has 2 heterocycles. The molecule has 0 aliphatic heterocycles. The summed E-state index contributed by atoms with van der Waals surface area (Å²) in [6.07, 6.45) is 0.203. The summed E-state index contributed by atoms with van der Waals surface area (Å²) in [7, 11) is 4.81. The molecular formula is C23H23N5O4S2. The number of aromatic amines is 1. The number of amides is 1. The molecule has 0 aliphatic rings. The van der Waals surface area contributed by atoms with Crippen LogP contribution in [0.4, 0.5) is 5.13 Å². The number of nitrogens with zero attached hydrogens (tertiary/aromatic N) is 3. The maximum Gasteiger partial charge on any atom is 0.227 e. The molecule has 176 valence electrons. The Labute approximate surface area is 205 Å². The Morgan fingerprint density at radius 2 is 1.82 bits per heavy atom. The number of H-pyrrole nitrogens is 1. The van der Waals surface area contributed by atoms with Crippen molar-refractivity contribution < 1.29 is 19.0 Å². The van der Waals surface area contributed by atoms with Crippen LogP contribution in [0.2, 0.25) is 0 Å². The summed E-state index contributed by atoms with van der Waals surface area (Å²) in [5.41, 5.74) is 2.34. The number of hydrogen-bond acceptors (Lipinski definition) is 8. The maximum absolute atomic E-state index is 12.6. The molecule has 34 heavy (non-hydrogen) atoms. The fraction of sp³-hybridized carbons (Fsp3) is 0.217. The zero-order valence-corrected chi connectivity index (χ0v) is 20.5. The van der Waals surface area contributed by atoms with Crippen molar-refractivity contribution >= 4 is 34.6 Å². The molecule has 0 radical (unpaired) electrons. The number of carbonyl (C=O) groups excluding carboxylic acids is 1. The zero-order valence-electron chi connectivity index (χ0n) is 18.8. The van der Waals surface area contributed by atoms with Gasteiger partial charge in [0.15, 0.2) is 15.7 Å². The molecule has 4 aromatic rings. The molecule has 9 nitrogen and oxygen atoms in total. The monoisotopic (exact) mass is 497 g/mol. The Morgan fingerprint density at radius 3 is 2.53 bits per heavy atom. The molecule has 11 heteroatoms. The van der Waals surface area contributed by atoms with E-state index in [2.05, 4.69) is 20.5 Å². The molecule has 2 aromatic heterocycles. The minimum atomic E-state index is -0.178. The molecule has 4 rings (SSSR count). The van der Waals surface area contributed by atoms with E-state index in [1.54, 1.807) is 25.9 Å². The van der Waals surface area contributed by atoms with E-state index in [1.165, 1.54) is 11.3 Å². The summed E-state index contributed by atoms with van der Waals surface area (Å²) >= 11 is 6.70. The average molecular weight is 498 g/mol. The fourth-order valence-electron chi connectivity index (χ4n) is 3.35. The van der Waals surface area contributed by atoms with Gasteiger partial charge in [-0.1, -0.05) is 0 Å². The summed E-state index contributed by atoms with van der Waals surface area (Å²) in [6, 6.07) is 13.0. The number of carbonyl (C=O) groups is 1. The van der Waals surface area contributed by atoms with E-state index >= 15 is 0 Å². The van der Waals surface area contributed by atoms with E-state index in [9.17, 15) is 4.79 Å². The fourth-order valence-corrected chi connectivity index (χ4v) is 4.30. The van der Waals surface area contributed by atoms with Crippen LogP contribution in [0.1, 0.15) is 6.42 Å². The lowest BCUT2D eigenvalue weighted by Gasteiger charge is -2.08. The Kier molecular flexibility index (Phi) is 7.24. The van der Waals surface area contributed by atoms with Gasteiger partial charge in [0.2, 0.25) is 5.91 Å². The standard InChI is InChI=1S/C23H23N5O4S2/c1-30-15-6-4-14(5-7-15)21-26-27-23(33)28(21)11-10-20(29)25-22-24-18(13-34-22)17-12-16(31-2)8-9-19(17)32-3/h4-9,12-13H,10-11H2,1-3H3,(H,27,33)(H,24,25,29). The molecule has 0 atom stereocenters. The van der Waals surface area contributed by atoms with Gasteiger partial charge >= 0.3 is 0 Å². The van der Waals surface area contributed by atoms with Gasteiger partial charge < -0.3 is 19.5 Å². The molecule has 0 spiro atoms. The van der Waals surface area contributed by atoms with Gasteiger partial charge in [0.25, 0.3) is 0 Å². The molecule has 2 N–H and O–H groups in total. The third-order valence-corrected chi connectivity index (χ3v) is 6.17. The first-order valence-electron chi connectivity index (χ1n) is 10.3. The third-order valence-electron chi connectivity index (χ3n) is 5.10. The van der Waals surface area contributed by atoms with Crippen LogP contribution in [0, 0.1) is 4.77 Å². The van der Waals surface area contributed by atoms with Crippen LogP contribution in [-0.2, 0) is 11.3 Å². The molecule has 1 amide bonds. The van der Waals surface area contributed by atoms with Crippen LogP contribution in [0.3, 0.4) is 0 Å². The lowest BCUT2D eigenvalue weighted by Crippen LogP contribution is -2.15. The molecule has 0 bridgehead atoms. The van der Waals surface area contributed by atoms with Crippen LogP contribution in [0.25, 0.3) is 22.6 Å². The maximum atomic E-state index is 12.6. The van der Waals surface area contributed by atoms with Gasteiger partial charge in [0.05, 0.1) is 27.0 Å². The largest absolute Gasteiger partial charge is 0.497 e. The van der Waals surface area contributed by atoms with Gasteiger partial charge in [0, 0.05) is 29.5 Å². The van der Waals surface area contributed by atoms with E-state index in [-0.39, 0.29) is 12.3 Å². The lowest BCUT2D eigenvalue weighted by atomic mass is 10.1. The quantitative estimate of drug-likeness (QED) is 0.321. The number of benzene rings is 2. The van der Waals surface area contributed by atoms with E-state index in [4.69, 9.17) is 26.4 Å². The number of anilines is 1. The highest BCUT2D eigenvalue weighted by atomic mass is 32.1. The van der Waals surface area contributed by atoms with Gasteiger partial charge in [-0.3, -0.25) is 14.5 Å². The SMILES string of the molecule is COc1ccc(-c2n[nH]c(=S)n2CCC(=O)Nc2nc(-c3cc(OC)ccc3OC)cs2)cc1. The molecule has 0 aliphatic carbocycles. The van der Waals surface area contributed by atoms with Crippen LogP contribution in [0.5, 0.6) is 17.2 Å². The number of nitrogens with one attached hydrogen (secondary N) is 2. The first-order valence-corrected chi connectivity index (χ1v) is 11.6. The van der Waals surface area contributed by atoms with E-state index in [0.29, 0.717) is 39.5 Å². The first kappa shape index (κ1) is 23.5. The minimum Gasteiger partial charge on any atom is -0.497 e. The van der Waals surface area contributed by atoms with Crippen molar-refractivity contribution in [3.05, 3.63) is 52.6 Å². The number of ether oxygens (including phenoxy) is 3. The predicted molar refractivity (Wildman–Crippen MR) is 133 cm³/mol. The first-order chi connectivity index (χ1) is 16.5. The highest BCUT2D eigenvalue weighted by Gasteiger charge is 2.15. The second-order valence-corrected chi connectivity index (χ2v) is 8.38. The molecule has 0 fully saturated rings. The summed E-state index contributed by atoms with van der Waals surface area (Å²) in [4.78, 5) is 17.2. The summed E-state index contributed by atoms with van der Waals surface area (Å²) < 4.78 is 18.2. The predicted octanol–water partition coefficient (Wildman–Crippen LogP) is 4.79. The second kappa shape index (κ2) is 10.5.